The average molecular weight is 1140 g/mol. The minimum atomic E-state index is 0.106. The van der Waals surface area contributed by atoms with Crippen LogP contribution in [-0.4, -0.2) is 36.0 Å². The van der Waals surface area contributed by atoms with E-state index < -0.39 is 0 Å². The lowest BCUT2D eigenvalue weighted by atomic mass is 9.81. The van der Waals surface area contributed by atoms with Crippen molar-refractivity contribution in [3.8, 4) is 78.5 Å². The molecule has 0 N–H and O–H groups in total. The van der Waals surface area contributed by atoms with Crippen molar-refractivity contribution in [2.45, 2.75) is 19.4 Å². The summed E-state index contributed by atoms with van der Waals surface area (Å²) in [5.74, 6) is 0.206. The standard InChI is InChI=1S/C82H58N6O/c1-52-46-80-70(51-66(52)60-23-6-9-26-63(60)74-31-13-17-44-85-74)69-48-53(57-20-3-7-24-61(57)72-29-11-15-42-83-72)34-38-76(69)87(80)56-37-41-81-71(50-56)65-28-19-33-79(82(65)89-81)88-77-39-35-54(58-21-4-8-25-62(58)73-30-12-16-43-84-73)47-67(77)68-49-55(36-40-78(68)88)59-22-5-10-27-64(59)75-32-14-18-45-86(75)2/h3-45,47-52,75H,46H2,1-2H3. The molecule has 1 aliphatic heterocycles. The van der Waals surface area contributed by atoms with Crippen LogP contribution < -0.4 is 0 Å². The molecule has 9 aromatic carbocycles. The van der Waals surface area contributed by atoms with Crippen LogP contribution in [0.25, 0.3) is 145 Å². The molecule has 0 amide bonds. The second-order valence-electron chi connectivity index (χ2n) is 23.6. The van der Waals surface area contributed by atoms with Gasteiger partial charge in [0.05, 0.1) is 45.4 Å². The highest BCUT2D eigenvalue weighted by Gasteiger charge is 2.29. The smallest absolute Gasteiger partial charge is 0.159 e. The fraction of sp³-hybridized carbons (Fsp3) is 0.0610. The number of benzene rings is 9. The third-order valence-electron chi connectivity index (χ3n) is 18.5. The van der Waals surface area contributed by atoms with Gasteiger partial charge < -0.3 is 18.5 Å². The van der Waals surface area contributed by atoms with Crippen LogP contribution in [0.15, 0.2) is 290 Å². The van der Waals surface area contributed by atoms with E-state index in [1.807, 2.05) is 36.8 Å². The highest BCUT2D eigenvalue weighted by atomic mass is 16.3. The van der Waals surface area contributed by atoms with Crippen LogP contribution in [0, 0.1) is 5.92 Å². The summed E-state index contributed by atoms with van der Waals surface area (Å²) in [7, 11) is 2.15. The molecular weight excluding hydrogens is 1080 g/mol. The van der Waals surface area contributed by atoms with Gasteiger partial charge >= 0.3 is 0 Å². The second kappa shape index (κ2) is 21.2. The Morgan fingerprint density at radius 2 is 0.955 bits per heavy atom. The molecule has 2 aliphatic rings. The molecule has 0 spiro atoms. The van der Waals surface area contributed by atoms with Crippen molar-refractivity contribution in [3.63, 3.8) is 0 Å². The topological polar surface area (TPSA) is 64.9 Å². The fourth-order valence-corrected chi connectivity index (χ4v) is 14.3. The molecule has 0 saturated heterocycles. The molecular formula is C82H58N6O. The monoisotopic (exact) mass is 1140 g/mol. The fourth-order valence-electron chi connectivity index (χ4n) is 14.3. The van der Waals surface area contributed by atoms with Gasteiger partial charge in [-0.2, -0.15) is 0 Å². The zero-order valence-corrected chi connectivity index (χ0v) is 49.2. The van der Waals surface area contributed by atoms with Gasteiger partial charge in [0.1, 0.15) is 5.58 Å². The molecule has 2 atom stereocenters. The highest BCUT2D eigenvalue weighted by molar-refractivity contribution is 6.15. The summed E-state index contributed by atoms with van der Waals surface area (Å²) in [4.78, 5) is 16.7. The molecule has 0 bridgehead atoms. The second-order valence-corrected chi connectivity index (χ2v) is 23.6. The van der Waals surface area contributed by atoms with Gasteiger partial charge in [-0.3, -0.25) is 15.0 Å². The van der Waals surface area contributed by atoms with Crippen molar-refractivity contribution >= 4 is 66.3 Å². The van der Waals surface area contributed by atoms with Crippen LogP contribution in [0.2, 0.25) is 0 Å². The number of fused-ring (bicyclic) bond motifs is 9. The summed E-state index contributed by atoms with van der Waals surface area (Å²) in [5, 5.41) is 5.63. The molecule has 0 saturated carbocycles. The summed E-state index contributed by atoms with van der Waals surface area (Å²) in [6.45, 7) is 2.37. The predicted molar refractivity (Wildman–Crippen MR) is 367 cm³/mol. The summed E-state index contributed by atoms with van der Waals surface area (Å²) in [6, 6.07) is 87.7. The van der Waals surface area contributed by atoms with E-state index in [2.05, 4.69) is 283 Å². The minimum absolute atomic E-state index is 0.106. The van der Waals surface area contributed by atoms with E-state index in [-0.39, 0.29) is 12.0 Å². The summed E-state index contributed by atoms with van der Waals surface area (Å²) in [6.07, 6.45) is 17.6. The van der Waals surface area contributed by atoms with E-state index >= 15 is 0 Å². The number of nitrogens with zero attached hydrogens (tertiary/aromatic N) is 6. The first-order valence-corrected chi connectivity index (χ1v) is 30.6. The van der Waals surface area contributed by atoms with Crippen LogP contribution in [0.5, 0.6) is 0 Å². The van der Waals surface area contributed by atoms with Crippen LogP contribution in [-0.2, 0) is 6.42 Å². The largest absolute Gasteiger partial charge is 0.454 e. The number of rotatable bonds is 10. The maximum Gasteiger partial charge on any atom is 0.159 e. The molecule has 7 nitrogen and oxygen atoms in total. The summed E-state index contributed by atoms with van der Waals surface area (Å²) >= 11 is 0. The molecule has 6 aromatic heterocycles. The zero-order valence-electron chi connectivity index (χ0n) is 49.2. The van der Waals surface area contributed by atoms with Gasteiger partial charge in [0.25, 0.3) is 0 Å². The average Bonchev–Trinajstić information content (AvgIpc) is 1.84. The Hall–Kier alpha value is -11.4. The zero-order chi connectivity index (χ0) is 59.1. The van der Waals surface area contributed by atoms with E-state index in [1.165, 1.54) is 38.9 Å². The molecule has 422 valence electrons. The van der Waals surface area contributed by atoms with Gasteiger partial charge in [-0.05, 0) is 178 Å². The number of hydrogen-bond donors (Lipinski definition) is 0. The maximum atomic E-state index is 7.19. The minimum Gasteiger partial charge on any atom is -0.454 e. The van der Waals surface area contributed by atoms with Gasteiger partial charge in [0.2, 0.25) is 0 Å². The van der Waals surface area contributed by atoms with Crippen LogP contribution in [0.1, 0.15) is 35.3 Å². The lowest BCUT2D eigenvalue weighted by Gasteiger charge is -2.28. The molecule has 1 aliphatic carbocycles. The van der Waals surface area contributed by atoms with E-state index in [0.29, 0.717) is 0 Å². The molecule has 17 rings (SSSR count). The number of para-hydroxylation sites is 1. The Morgan fingerprint density at radius 1 is 0.427 bits per heavy atom. The van der Waals surface area contributed by atoms with Gasteiger partial charge in [-0.15, -0.1) is 0 Å². The normalized spacial score (nSPS) is 14.8. The molecule has 0 radical (unpaired) electrons. The Morgan fingerprint density at radius 3 is 1.55 bits per heavy atom. The van der Waals surface area contributed by atoms with Gasteiger partial charge in [-0.1, -0.05) is 165 Å². The lowest BCUT2D eigenvalue weighted by molar-refractivity contribution is 0.390. The predicted octanol–water partition coefficient (Wildman–Crippen LogP) is 20.6. The summed E-state index contributed by atoms with van der Waals surface area (Å²) in [5.41, 5.74) is 26.5. The van der Waals surface area contributed by atoms with Crippen LogP contribution in [0.4, 0.5) is 0 Å². The molecule has 89 heavy (non-hydrogen) atoms. The van der Waals surface area contributed by atoms with Crippen molar-refractivity contribution in [1.82, 2.24) is 29.0 Å². The number of hydrogen-bond acceptors (Lipinski definition) is 5. The van der Waals surface area contributed by atoms with E-state index in [9.17, 15) is 0 Å². The Labute approximate surface area is 515 Å². The van der Waals surface area contributed by atoms with Crippen molar-refractivity contribution < 1.29 is 4.42 Å². The number of furan rings is 1. The molecule has 0 fully saturated rings. The van der Waals surface area contributed by atoms with E-state index in [4.69, 9.17) is 19.4 Å². The molecule has 15 aromatic rings. The first kappa shape index (κ1) is 52.0. The van der Waals surface area contributed by atoms with Gasteiger partial charge in [-0.25, -0.2) is 0 Å². The molecule has 2 unspecified atom stereocenters. The van der Waals surface area contributed by atoms with Crippen molar-refractivity contribution in [2.24, 2.45) is 5.92 Å². The Bertz CT molecular complexity index is 5400. The van der Waals surface area contributed by atoms with E-state index in [1.54, 1.807) is 0 Å². The number of aromatic nitrogens is 5. The number of allylic oxidation sites excluding steroid dienone is 3. The lowest BCUT2D eigenvalue weighted by Crippen LogP contribution is -2.19. The Balaban J connectivity index is 0.848. The van der Waals surface area contributed by atoms with Crippen LogP contribution in [0.3, 0.4) is 0 Å². The first-order chi connectivity index (χ1) is 44.0. The van der Waals surface area contributed by atoms with Crippen molar-refractivity contribution in [3.05, 3.63) is 308 Å². The first-order valence-electron chi connectivity index (χ1n) is 30.6. The Kier molecular flexibility index (Phi) is 12.4. The van der Waals surface area contributed by atoms with Crippen LogP contribution >= 0.6 is 0 Å². The highest BCUT2D eigenvalue weighted by Crippen LogP contribution is 2.47. The molecule has 7 heterocycles. The summed E-state index contributed by atoms with van der Waals surface area (Å²) < 4.78 is 12.1. The third kappa shape index (κ3) is 8.68. The van der Waals surface area contributed by atoms with Gasteiger partial charge in [0.15, 0.2) is 5.58 Å². The molecule has 7 heteroatoms. The van der Waals surface area contributed by atoms with Crippen molar-refractivity contribution in [1.29, 1.82) is 0 Å². The van der Waals surface area contributed by atoms with E-state index in [0.717, 1.165) is 129 Å². The van der Waals surface area contributed by atoms with Gasteiger partial charge in [0, 0.05) is 86.2 Å². The maximum absolute atomic E-state index is 7.19. The third-order valence-corrected chi connectivity index (χ3v) is 18.5. The SMILES string of the molecule is CC1Cc2c(c3cc(-c4ccccc4-c4ccccn4)ccc3n2-c2ccc3oc4c(-n5c6ccc(-c7ccccc7-c7ccccn7)cc6c6cc(-c7ccccc7C7C=CC=CN7C)ccc65)cccc4c3c2)C=C1c1ccccc1-c1ccccn1. The number of pyridine rings is 3. The quantitative estimate of drug-likeness (QED) is 0.137. The van der Waals surface area contributed by atoms with Crippen molar-refractivity contribution in [2.75, 3.05) is 7.05 Å². The number of likely N-dealkylation sites (N-methyl/N-ethyl adjacent to an activating group) is 1.